The Morgan fingerprint density at radius 3 is 2.52 bits per heavy atom. The van der Waals surface area contributed by atoms with E-state index in [2.05, 4.69) is 17.6 Å². The van der Waals surface area contributed by atoms with Crippen molar-refractivity contribution in [2.24, 2.45) is 0 Å². The number of carbonyl (C=O) groups is 1. The van der Waals surface area contributed by atoms with E-state index in [1.807, 2.05) is 0 Å². The molecule has 0 spiro atoms. The van der Waals surface area contributed by atoms with Gasteiger partial charge in [0.1, 0.15) is 0 Å². The average molecular weight is 418 g/mol. The predicted octanol–water partition coefficient (Wildman–Crippen LogP) is 2.79. The van der Waals surface area contributed by atoms with Gasteiger partial charge in [-0.05, 0) is 44.0 Å². The van der Waals surface area contributed by atoms with Crippen LogP contribution in [0.4, 0.5) is 0 Å². The first-order valence-corrected chi connectivity index (χ1v) is 11.0. The minimum Gasteiger partial charge on any atom is -0.351 e. The van der Waals surface area contributed by atoms with Crippen LogP contribution in [0.15, 0.2) is 29.2 Å². The maximum absolute atomic E-state index is 12.9. The molecule has 8 heteroatoms. The minimum atomic E-state index is -3.59. The standard InChI is InChI=1S/C19H31N3O3S.ClH/c1-3-12-20-13-14-21-19(23)16-8-7-11-18(15-16)26(24,25)22(2)17-9-5-4-6-10-17;/h7-8,11,15,17,20H,3-6,9-10,12-14H2,1-2H3,(H,21,23);1H. The van der Waals surface area contributed by atoms with Gasteiger partial charge in [-0.1, -0.05) is 32.3 Å². The van der Waals surface area contributed by atoms with E-state index in [4.69, 9.17) is 0 Å². The number of halogens is 1. The van der Waals surface area contributed by atoms with E-state index in [0.29, 0.717) is 18.7 Å². The quantitative estimate of drug-likeness (QED) is 0.605. The van der Waals surface area contributed by atoms with Crippen molar-refractivity contribution < 1.29 is 13.2 Å². The Hall–Kier alpha value is -1.15. The number of hydrogen-bond donors (Lipinski definition) is 2. The highest BCUT2D eigenvalue weighted by Crippen LogP contribution is 2.26. The molecule has 1 saturated carbocycles. The molecule has 2 N–H and O–H groups in total. The van der Waals surface area contributed by atoms with Crippen molar-refractivity contribution in [2.45, 2.75) is 56.4 Å². The van der Waals surface area contributed by atoms with Crippen LogP contribution in [0.3, 0.4) is 0 Å². The largest absolute Gasteiger partial charge is 0.351 e. The molecule has 0 radical (unpaired) electrons. The lowest BCUT2D eigenvalue weighted by Gasteiger charge is -2.30. The van der Waals surface area contributed by atoms with Crippen LogP contribution in [0.1, 0.15) is 55.8 Å². The first kappa shape index (κ1) is 23.9. The van der Waals surface area contributed by atoms with Gasteiger partial charge in [0.2, 0.25) is 10.0 Å². The molecule has 0 aliphatic heterocycles. The first-order chi connectivity index (χ1) is 12.5. The monoisotopic (exact) mass is 417 g/mol. The Kier molecular flexibility index (Phi) is 10.3. The van der Waals surface area contributed by atoms with Crippen molar-refractivity contribution in [3.63, 3.8) is 0 Å². The van der Waals surface area contributed by atoms with Gasteiger partial charge in [0, 0.05) is 31.7 Å². The lowest BCUT2D eigenvalue weighted by atomic mass is 9.96. The number of nitrogens with zero attached hydrogens (tertiary/aromatic N) is 1. The molecule has 1 amide bonds. The summed E-state index contributed by atoms with van der Waals surface area (Å²) in [5.41, 5.74) is 0.374. The van der Waals surface area contributed by atoms with Crippen molar-refractivity contribution >= 4 is 28.3 Å². The number of benzene rings is 1. The van der Waals surface area contributed by atoms with Gasteiger partial charge in [-0.3, -0.25) is 4.79 Å². The highest BCUT2D eigenvalue weighted by molar-refractivity contribution is 7.89. The van der Waals surface area contributed by atoms with Crippen molar-refractivity contribution in [3.8, 4) is 0 Å². The summed E-state index contributed by atoms with van der Waals surface area (Å²) in [5.74, 6) is -0.249. The molecule has 0 saturated heterocycles. The van der Waals surface area contributed by atoms with E-state index in [0.717, 1.165) is 38.6 Å². The SMILES string of the molecule is CCCNCCNC(=O)c1cccc(S(=O)(=O)N(C)C2CCCCC2)c1.Cl. The van der Waals surface area contributed by atoms with Crippen molar-refractivity contribution in [1.29, 1.82) is 0 Å². The number of amides is 1. The van der Waals surface area contributed by atoms with Crippen LogP contribution in [-0.2, 0) is 10.0 Å². The summed E-state index contributed by atoms with van der Waals surface area (Å²) in [6.07, 6.45) is 6.16. The number of carbonyl (C=O) groups excluding carboxylic acids is 1. The Balaban J connectivity index is 0.00000364. The van der Waals surface area contributed by atoms with Gasteiger partial charge in [0.05, 0.1) is 4.90 Å². The number of sulfonamides is 1. The fourth-order valence-corrected chi connectivity index (χ4v) is 4.74. The normalized spacial score (nSPS) is 15.4. The van der Waals surface area contributed by atoms with E-state index in [-0.39, 0.29) is 29.3 Å². The summed E-state index contributed by atoms with van der Waals surface area (Å²) in [5, 5.41) is 6.03. The topological polar surface area (TPSA) is 78.5 Å². The zero-order valence-electron chi connectivity index (χ0n) is 16.2. The second kappa shape index (κ2) is 11.6. The summed E-state index contributed by atoms with van der Waals surface area (Å²) < 4.78 is 27.3. The molecule has 0 unspecified atom stereocenters. The molecule has 27 heavy (non-hydrogen) atoms. The van der Waals surface area contributed by atoms with Gasteiger partial charge in [-0.25, -0.2) is 8.42 Å². The molecule has 1 fully saturated rings. The van der Waals surface area contributed by atoms with Gasteiger partial charge >= 0.3 is 0 Å². The Morgan fingerprint density at radius 1 is 1.15 bits per heavy atom. The van der Waals surface area contributed by atoms with E-state index in [1.54, 1.807) is 25.2 Å². The highest BCUT2D eigenvalue weighted by Gasteiger charge is 2.29. The molecule has 154 valence electrons. The summed E-state index contributed by atoms with van der Waals surface area (Å²) in [7, 11) is -1.94. The van der Waals surface area contributed by atoms with Crippen LogP contribution in [0.5, 0.6) is 0 Å². The lowest BCUT2D eigenvalue weighted by molar-refractivity contribution is 0.0953. The molecule has 6 nitrogen and oxygen atoms in total. The van der Waals surface area contributed by atoms with Crippen molar-refractivity contribution in [2.75, 3.05) is 26.7 Å². The summed E-state index contributed by atoms with van der Waals surface area (Å²) in [6.45, 7) is 4.21. The maximum Gasteiger partial charge on any atom is 0.251 e. The van der Waals surface area contributed by atoms with E-state index in [9.17, 15) is 13.2 Å². The molecule has 0 heterocycles. The van der Waals surface area contributed by atoms with E-state index >= 15 is 0 Å². The van der Waals surface area contributed by atoms with Crippen molar-refractivity contribution in [1.82, 2.24) is 14.9 Å². The first-order valence-electron chi connectivity index (χ1n) is 9.54. The van der Waals surface area contributed by atoms with Gasteiger partial charge in [0.15, 0.2) is 0 Å². The van der Waals surface area contributed by atoms with E-state index in [1.165, 1.54) is 16.8 Å². The second-order valence-corrected chi connectivity index (χ2v) is 8.84. The van der Waals surface area contributed by atoms with Gasteiger partial charge < -0.3 is 10.6 Å². The molecule has 1 aromatic carbocycles. The molecule has 0 aromatic heterocycles. The fraction of sp³-hybridized carbons (Fsp3) is 0.632. The molecule has 0 atom stereocenters. The maximum atomic E-state index is 12.9. The molecule has 1 aromatic rings. The third-order valence-corrected chi connectivity index (χ3v) is 6.78. The molecule has 0 bridgehead atoms. The molecular formula is C19H32ClN3O3S. The Labute approximate surface area is 169 Å². The number of rotatable bonds is 9. The van der Waals surface area contributed by atoms with Crippen LogP contribution < -0.4 is 10.6 Å². The molecule has 1 aliphatic carbocycles. The van der Waals surface area contributed by atoms with Crippen LogP contribution in [0, 0.1) is 0 Å². The Morgan fingerprint density at radius 2 is 1.85 bits per heavy atom. The zero-order valence-corrected chi connectivity index (χ0v) is 17.9. The zero-order chi connectivity index (χ0) is 19.0. The highest BCUT2D eigenvalue weighted by atomic mass is 35.5. The van der Waals surface area contributed by atoms with E-state index < -0.39 is 10.0 Å². The number of nitrogens with one attached hydrogen (secondary N) is 2. The summed E-state index contributed by atoms with van der Waals surface area (Å²) in [6, 6.07) is 6.37. The number of hydrogen-bond acceptors (Lipinski definition) is 4. The summed E-state index contributed by atoms with van der Waals surface area (Å²) >= 11 is 0. The third kappa shape index (κ3) is 6.75. The van der Waals surface area contributed by atoms with Gasteiger partial charge in [-0.2, -0.15) is 4.31 Å². The lowest BCUT2D eigenvalue weighted by Crippen LogP contribution is -2.38. The minimum absolute atomic E-state index is 0. The van der Waals surface area contributed by atoms with Crippen LogP contribution in [-0.4, -0.2) is 51.4 Å². The van der Waals surface area contributed by atoms with Gasteiger partial charge in [0.25, 0.3) is 5.91 Å². The van der Waals surface area contributed by atoms with Crippen LogP contribution in [0.2, 0.25) is 0 Å². The van der Waals surface area contributed by atoms with Crippen LogP contribution in [0.25, 0.3) is 0 Å². The third-order valence-electron chi connectivity index (χ3n) is 4.88. The summed E-state index contributed by atoms with van der Waals surface area (Å²) in [4.78, 5) is 12.5. The predicted molar refractivity (Wildman–Crippen MR) is 111 cm³/mol. The second-order valence-electron chi connectivity index (χ2n) is 6.85. The van der Waals surface area contributed by atoms with Gasteiger partial charge in [-0.15, -0.1) is 12.4 Å². The van der Waals surface area contributed by atoms with Crippen LogP contribution >= 0.6 is 12.4 Å². The smallest absolute Gasteiger partial charge is 0.251 e. The van der Waals surface area contributed by atoms with Crippen molar-refractivity contribution in [3.05, 3.63) is 29.8 Å². The average Bonchev–Trinajstić information content (AvgIpc) is 2.67. The molecule has 2 rings (SSSR count). The fourth-order valence-electron chi connectivity index (χ4n) is 3.27. The molecular weight excluding hydrogens is 386 g/mol. The Bertz CT molecular complexity index is 691. The molecule has 1 aliphatic rings.